The third-order valence-corrected chi connectivity index (χ3v) is 2.31. The second-order valence-electron chi connectivity index (χ2n) is 3.46. The second-order valence-corrected chi connectivity index (χ2v) is 3.46. The molecule has 2 aromatic rings. The predicted octanol–water partition coefficient (Wildman–Crippen LogP) is 2.03. The lowest BCUT2D eigenvalue weighted by Gasteiger charge is -2.01. The molecule has 1 heterocycles. The third kappa shape index (κ3) is 2.63. The summed E-state index contributed by atoms with van der Waals surface area (Å²) in [5.74, 6) is 0. The normalized spacial score (nSPS) is 10.4. The Morgan fingerprint density at radius 3 is 2.88 bits per heavy atom. The quantitative estimate of drug-likeness (QED) is 0.649. The average molecular weight is 234 g/mol. The van der Waals surface area contributed by atoms with Gasteiger partial charge in [-0.3, -0.25) is 0 Å². The van der Waals surface area contributed by atoms with Crippen molar-refractivity contribution < 1.29 is 19.1 Å². The van der Waals surface area contributed by atoms with E-state index in [1.54, 1.807) is 18.2 Å². The molecule has 1 aromatic carbocycles. The van der Waals surface area contributed by atoms with Gasteiger partial charge in [0.25, 0.3) is 0 Å². The Balaban J connectivity index is 2.25. The standard InChI is InChI=1S/C12H10O5/c13-11-9(5-6-16-12(14)15)7-8-3-1-2-4-10(8)17-11/h1-4,7H,5-6H2,(H,14,15). The van der Waals surface area contributed by atoms with Crippen molar-refractivity contribution in [2.75, 3.05) is 6.61 Å². The highest BCUT2D eigenvalue weighted by Gasteiger charge is 2.06. The number of para-hydroxylation sites is 1. The van der Waals surface area contributed by atoms with Crippen LogP contribution >= 0.6 is 0 Å². The Kier molecular flexibility index (Phi) is 3.09. The topological polar surface area (TPSA) is 76.7 Å². The van der Waals surface area contributed by atoms with Gasteiger partial charge in [0.1, 0.15) is 5.58 Å². The van der Waals surface area contributed by atoms with Gasteiger partial charge in [-0.05, 0) is 12.1 Å². The zero-order valence-corrected chi connectivity index (χ0v) is 8.88. The molecule has 0 aliphatic carbocycles. The lowest BCUT2D eigenvalue weighted by molar-refractivity contribution is 0.0925. The van der Waals surface area contributed by atoms with Crippen LogP contribution in [0, 0.1) is 0 Å². The van der Waals surface area contributed by atoms with Gasteiger partial charge in [-0.2, -0.15) is 0 Å². The summed E-state index contributed by atoms with van der Waals surface area (Å²) < 4.78 is 9.44. The summed E-state index contributed by atoms with van der Waals surface area (Å²) in [6, 6.07) is 8.82. The molecule has 0 saturated carbocycles. The molecule has 1 N–H and O–H groups in total. The van der Waals surface area contributed by atoms with Crippen LogP contribution in [0.25, 0.3) is 11.0 Å². The van der Waals surface area contributed by atoms with Crippen LogP contribution in [-0.2, 0) is 11.2 Å². The van der Waals surface area contributed by atoms with Gasteiger partial charge in [0.2, 0.25) is 0 Å². The van der Waals surface area contributed by atoms with Gasteiger partial charge in [0.15, 0.2) is 0 Å². The Hall–Kier alpha value is -2.30. The SMILES string of the molecule is O=C(O)OCCc1cc2ccccc2oc1=O. The zero-order chi connectivity index (χ0) is 12.3. The first-order chi connectivity index (χ1) is 8.16. The molecule has 2 rings (SSSR count). The average Bonchev–Trinajstić information content (AvgIpc) is 2.29. The lowest BCUT2D eigenvalue weighted by Crippen LogP contribution is -2.12. The molecule has 17 heavy (non-hydrogen) atoms. The molecule has 1 aromatic heterocycles. The van der Waals surface area contributed by atoms with Crippen LogP contribution in [0.1, 0.15) is 5.56 Å². The second kappa shape index (κ2) is 4.69. The molecule has 0 aliphatic rings. The van der Waals surface area contributed by atoms with Crippen molar-refractivity contribution in [3.63, 3.8) is 0 Å². The maximum Gasteiger partial charge on any atom is 0.505 e. The van der Waals surface area contributed by atoms with Crippen LogP contribution in [0.2, 0.25) is 0 Å². The fourth-order valence-corrected chi connectivity index (χ4v) is 1.53. The third-order valence-electron chi connectivity index (χ3n) is 2.31. The summed E-state index contributed by atoms with van der Waals surface area (Å²) in [6.45, 7) is -0.0571. The van der Waals surface area contributed by atoms with Crippen LogP contribution in [0.4, 0.5) is 4.79 Å². The Morgan fingerprint density at radius 1 is 1.35 bits per heavy atom. The smallest absolute Gasteiger partial charge is 0.450 e. The molecule has 0 spiro atoms. The van der Waals surface area contributed by atoms with Crippen molar-refractivity contribution in [3.05, 3.63) is 46.3 Å². The molecule has 0 radical (unpaired) electrons. The summed E-state index contributed by atoms with van der Waals surface area (Å²) in [5.41, 5.74) is 0.461. The van der Waals surface area contributed by atoms with Crippen molar-refractivity contribution in [3.8, 4) is 0 Å². The van der Waals surface area contributed by atoms with Crippen LogP contribution < -0.4 is 5.63 Å². The molecule has 5 heteroatoms. The maximum absolute atomic E-state index is 11.5. The van der Waals surface area contributed by atoms with E-state index in [0.717, 1.165) is 5.39 Å². The van der Waals surface area contributed by atoms with Gasteiger partial charge in [-0.25, -0.2) is 9.59 Å². The van der Waals surface area contributed by atoms with E-state index < -0.39 is 11.8 Å². The monoisotopic (exact) mass is 234 g/mol. The van der Waals surface area contributed by atoms with Gasteiger partial charge in [0, 0.05) is 17.4 Å². The van der Waals surface area contributed by atoms with Crippen molar-refractivity contribution >= 4 is 17.1 Å². The molecule has 0 unspecified atom stereocenters. The summed E-state index contributed by atoms with van der Waals surface area (Å²) >= 11 is 0. The minimum absolute atomic E-state index is 0.0571. The molecule has 0 atom stereocenters. The molecule has 0 saturated heterocycles. The molecule has 88 valence electrons. The Labute approximate surface area is 96.2 Å². The number of carbonyl (C=O) groups is 1. The molecule has 0 amide bonds. The minimum Gasteiger partial charge on any atom is -0.450 e. The van der Waals surface area contributed by atoms with Crippen molar-refractivity contribution in [2.24, 2.45) is 0 Å². The number of fused-ring (bicyclic) bond motifs is 1. The highest BCUT2D eigenvalue weighted by atomic mass is 16.7. The number of carboxylic acid groups (broad SMARTS) is 1. The van der Waals surface area contributed by atoms with E-state index in [0.29, 0.717) is 11.1 Å². The molecule has 0 aliphatic heterocycles. The van der Waals surface area contributed by atoms with E-state index in [1.165, 1.54) is 0 Å². The van der Waals surface area contributed by atoms with Crippen LogP contribution in [0.3, 0.4) is 0 Å². The van der Waals surface area contributed by atoms with Crippen LogP contribution in [-0.4, -0.2) is 17.9 Å². The first-order valence-electron chi connectivity index (χ1n) is 5.04. The summed E-state index contributed by atoms with van der Waals surface area (Å²) in [4.78, 5) is 21.7. The summed E-state index contributed by atoms with van der Waals surface area (Å²) in [7, 11) is 0. The lowest BCUT2D eigenvalue weighted by atomic mass is 10.1. The largest absolute Gasteiger partial charge is 0.505 e. The molecular formula is C12H10O5. The highest BCUT2D eigenvalue weighted by Crippen LogP contribution is 2.12. The van der Waals surface area contributed by atoms with Gasteiger partial charge in [-0.1, -0.05) is 18.2 Å². The zero-order valence-electron chi connectivity index (χ0n) is 8.88. The predicted molar refractivity (Wildman–Crippen MR) is 60.2 cm³/mol. The number of rotatable bonds is 3. The number of hydrogen-bond acceptors (Lipinski definition) is 4. The fraction of sp³-hybridized carbons (Fsp3) is 0.167. The Bertz CT molecular complexity index is 599. The minimum atomic E-state index is -1.35. The van der Waals surface area contributed by atoms with E-state index in [9.17, 15) is 9.59 Å². The Morgan fingerprint density at radius 2 is 2.12 bits per heavy atom. The maximum atomic E-state index is 11.5. The molecule has 0 fully saturated rings. The molecule has 0 bridgehead atoms. The number of ether oxygens (including phenoxy) is 1. The first-order valence-corrected chi connectivity index (χ1v) is 5.04. The number of benzene rings is 1. The van der Waals surface area contributed by atoms with Crippen molar-refractivity contribution in [1.29, 1.82) is 0 Å². The summed E-state index contributed by atoms with van der Waals surface area (Å²) in [6.07, 6.45) is -1.14. The van der Waals surface area contributed by atoms with E-state index >= 15 is 0 Å². The van der Waals surface area contributed by atoms with E-state index in [1.807, 2.05) is 12.1 Å². The molecular weight excluding hydrogens is 224 g/mol. The van der Waals surface area contributed by atoms with Gasteiger partial charge >= 0.3 is 11.8 Å². The fourth-order valence-electron chi connectivity index (χ4n) is 1.53. The van der Waals surface area contributed by atoms with E-state index in [-0.39, 0.29) is 13.0 Å². The van der Waals surface area contributed by atoms with Gasteiger partial charge in [0.05, 0.1) is 6.61 Å². The first kappa shape index (κ1) is 11.2. The van der Waals surface area contributed by atoms with Crippen LogP contribution in [0.5, 0.6) is 0 Å². The number of hydrogen-bond donors (Lipinski definition) is 1. The highest BCUT2D eigenvalue weighted by molar-refractivity contribution is 5.76. The van der Waals surface area contributed by atoms with Gasteiger partial charge < -0.3 is 14.3 Å². The van der Waals surface area contributed by atoms with Crippen molar-refractivity contribution in [2.45, 2.75) is 6.42 Å². The van der Waals surface area contributed by atoms with Crippen molar-refractivity contribution in [1.82, 2.24) is 0 Å². The van der Waals surface area contributed by atoms with Crippen LogP contribution in [0.15, 0.2) is 39.5 Å². The van der Waals surface area contributed by atoms with E-state index in [4.69, 9.17) is 9.52 Å². The summed E-state index contributed by atoms with van der Waals surface area (Å²) in [5, 5.41) is 9.11. The van der Waals surface area contributed by atoms with Gasteiger partial charge in [-0.15, -0.1) is 0 Å². The van der Waals surface area contributed by atoms with E-state index in [2.05, 4.69) is 4.74 Å². The molecule has 5 nitrogen and oxygen atoms in total.